The Morgan fingerprint density at radius 2 is 1.94 bits per heavy atom. The highest BCUT2D eigenvalue weighted by Crippen LogP contribution is 2.24. The Hall–Kier alpha value is -0.350. The molecule has 0 aliphatic carbocycles. The van der Waals surface area contributed by atoms with Crippen LogP contribution in [0.15, 0.2) is 40.2 Å². The lowest BCUT2D eigenvalue weighted by Gasteiger charge is -2.16. The van der Waals surface area contributed by atoms with E-state index in [2.05, 4.69) is 46.1 Å². The Morgan fingerprint density at radius 3 is 2.59 bits per heavy atom. The summed E-state index contributed by atoms with van der Waals surface area (Å²) in [5.74, 6) is 0. The first-order valence-corrected chi connectivity index (χ1v) is 7.30. The average Bonchev–Trinajstić information content (AvgIpc) is 2.67. The van der Waals surface area contributed by atoms with E-state index in [-0.39, 0.29) is 0 Å². The van der Waals surface area contributed by atoms with E-state index >= 15 is 0 Å². The minimum atomic E-state index is 0.840. The number of rotatable bonds is 4. The van der Waals surface area contributed by atoms with Gasteiger partial charge in [0.05, 0.1) is 3.79 Å². The van der Waals surface area contributed by atoms with Gasteiger partial charge in [-0.05, 0) is 46.7 Å². The summed E-state index contributed by atoms with van der Waals surface area (Å²) >= 11 is 11.4. The van der Waals surface area contributed by atoms with Crippen molar-refractivity contribution >= 4 is 38.9 Å². The largest absolute Gasteiger partial charge is 0.297 e. The van der Waals surface area contributed by atoms with Crippen LogP contribution in [-0.2, 0) is 13.1 Å². The zero-order valence-corrected chi connectivity index (χ0v) is 12.6. The van der Waals surface area contributed by atoms with E-state index in [0.29, 0.717) is 0 Å². The molecular formula is C13H13BrClNS. The van der Waals surface area contributed by atoms with Gasteiger partial charge in [-0.15, -0.1) is 11.3 Å². The highest BCUT2D eigenvalue weighted by molar-refractivity contribution is 9.11. The number of halogens is 2. The topological polar surface area (TPSA) is 3.24 Å². The molecule has 90 valence electrons. The van der Waals surface area contributed by atoms with Crippen LogP contribution in [-0.4, -0.2) is 11.9 Å². The Morgan fingerprint density at radius 1 is 1.18 bits per heavy atom. The number of nitrogens with zero attached hydrogens (tertiary/aromatic N) is 1. The summed E-state index contributed by atoms with van der Waals surface area (Å²) in [6.45, 7) is 1.82. The molecule has 17 heavy (non-hydrogen) atoms. The van der Waals surface area contributed by atoms with E-state index in [1.165, 1.54) is 14.2 Å². The molecule has 0 bridgehead atoms. The van der Waals surface area contributed by atoms with E-state index in [4.69, 9.17) is 11.6 Å². The summed E-state index contributed by atoms with van der Waals surface area (Å²) in [5, 5.41) is 0.840. The lowest BCUT2D eigenvalue weighted by molar-refractivity contribution is 0.322. The van der Waals surface area contributed by atoms with Gasteiger partial charge in [0.2, 0.25) is 0 Å². The molecule has 4 heteroatoms. The van der Waals surface area contributed by atoms with E-state index in [9.17, 15) is 0 Å². The number of benzene rings is 1. The fraction of sp³-hybridized carbons (Fsp3) is 0.231. The van der Waals surface area contributed by atoms with Crippen molar-refractivity contribution in [3.63, 3.8) is 0 Å². The predicted octanol–water partition coefficient (Wildman–Crippen LogP) is 4.80. The second-order valence-electron chi connectivity index (χ2n) is 3.97. The Bertz CT molecular complexity index is 498. The van der Waals surface area contributed by atoms with Gasteiger partial charge in [0.15, 0.2) is 0 Å². The standard InChI is InChI=1S/C13H13BrClNS/c1-16(9-11-6-7-13(14)17-11)8-10-4-2-3-5-12(10)15/h2-7H,8-9H2,1H3. The average molecular weight is 331 g/mol. The van der Waals surface area contributed by atoms with Crippen LogP contribution in [0.4, 0.5) is 0 Å². The molecule has 0 unspecified atom stereocenters. The zero-order chi connectivity index (χ0) is 12.3. The monoisotopic (exact) mass is 329 g/mol. The van der Waals surface area contributed by atoms with Gasteiger partial charge in [0.25, 0.3) is 0 Å². The van der Waals surface area contributed by atoms with Crippen LogP contribution in [0.5, 0.6) is 0 Å². The third-order valence-electron chi connectivity index (χ3n) is 2.45. The number of thiophene rings is 1. The molecule has 0 N–H and O–H groups in total. The predicted molar refractivity (Wildman–Crippen MR) is 78.6 cm³/mol. The van der Waals surface area contributed by atoms with Crippen molar-refractivity contribution in [3.05, 3.63) is 55.6 Å². The zero-order valence-electron chi connectivity index (χ0n) is 9.49. The van der Waals surface area contributed by atoms with Crippen LogP contribution in [0.2, 0.25) is 5.02 Å². The molecule has 1 aromatic heterocycles. The van der Waals surface area contributed by atoms with Gasteiger partial charge < -0.3 is 0 Å². The molecule has 0 fully saturated rings. The molecule has 2 aromatic rings. The third kappa shape index (κ3) is 3.81. The summed E-state index contributed by atoms with van der Waals surface area (Å²) in [5.41, 5.74) is 1.17. The molecule has 0 saturated heterocycles. The highest BCUT2D eigenvalue weighted by atomic mass is 79.9. The molecule has 1 nitrogen and oxygen atoms in total. The molecule has 0 radical (unpaired) electrons. The Labute approximate surface area is 119 Å². The minimum Gasteiger partial charge on any atom is -0.297 e. The van der Waals surface area contributed by atoms with Crippen LogP contribution in [0.25, 0.3) is 0 Å². The van der Waals surface area contributed by atoms with Crippen molar-refractivity contribution < 1.29 is 0 Å². The van der Waals surface area contributed by atoms with E-state index in [1.807, 2.05) is 18.2 Å². The first-order chi connectivity index (χ1) is 8.15. The molecule has 0 aliphatic rings. The lowest BCUT2D eigenvalue weighted by Crippen LogP contribution is -2.16. The summed E-state index contributed by atoms with van der Waals surface area (Å²) in [6, 6.07) is 12.2. The molecule has 0 aliphatic heterocycles. The number of hydrogen-bond donors (Lipinski definition) is 0. The molecular weight excluding hydrogens is 318 g/mol. The van der Waals surface area contributed by atoms with Gasteiger partial charge in [0, 0.05) is 23.0 Å². The maximum absolute atomic E-state index is 6.14. The van der Waals surface area contributed by atoms with Gasteiger partial charge in [-0.25, -0.2) is 0 Å². The van der Waals surface area contributed by atoms with Crippen LogP contribution in [0.3, 0.4) is 0 Å². The normalized spacial score (nSPS) is 11.1. The SMILES string of the molecule is CN(Cc1ccc(Br)s1)Cc1ccccc1Cl. The fourth-order valence-electron chi connectivity index (χ4n) is 1.68. The molecule has 0 saturated carbocycles. The molecule has 1 heterocycles. The third-order valence-corrected chi connectivity index (χ3v) is 4.43. The second kappa shape index (κ2) is 6.01. The van der Waals surface area contributed by atoms with Gasteiger partial charge in [0.1, 0.15) is 0 Å². The van der Waals surface area contributed by atoms with Crippen molar-refractivity contribution in [1.29, 1.82) is 0 Å². The van der Waals surface area contributed by atoms with Gasteiger partial charge in [-0.1, -0.05) is 29.8 Å². The highest BCUT2D eigenvalue weighted by Gasteiger charge is 2.06. The summed E-state index contributed by atoms with van der Waals surface area (Å²) in [7, 11) is 2.11. The van der Waals surface area contributed by atoms with Crippen molar-refractivity contribution in [2.75, 3.05) is 7.05 Å². The van der Waals surface area contributed by atoms with Crippen LogP contribution in [0, 0.1) is 0 Å². The lowest BCUT2D eigenvalue weighted by atomic mass is 10.2. The molecule has 0 amide bonds. The maximum atomic E-state index is 6.14. The second-order valence-corrected chi connectivity index (χ2v) is 6.92. The maximum Gasteiger partial charge on any atom is 0.0701 e. The molecule has 1 aromatic carbocycles. The van der Waals surface area contributed by atoms with E-state index in [1.54, 1.807) is 11.3 Å². The van der Waals surface area contributed by atoms with Crippen LogP contribution >= 0.6 is 38.9 Å². The van der Waals surface area contributed by atoms with Crippen LogP contribution < -0.4 is 0 Å². The molecule has 0 atom stereocenters. The van der Waals surface area contributed by atoms with Crippen molar-refractivity contribution in [1.82, 2.24) is 4.90 Å². The Kier molecular flexibility index (Phi) is 4.62. The first-order valence-electron chi connectivity index (χ1n) is 5.31. The number of hydrogen-bond acceptors (Lipinski definition) is 2. The quantitative estimate of drug-likeness (QED) is 0.778. The first kappa shape index (κ1) is 13.1. The van der Waals surface area contributed by atoms with Crippen molar-refractivity contribution in [2.45, 2.75) is 13.1 Å². The van der Waals surface area contributed by atoms with E-state index < -0.39 is 0 Å². The molecule has 0 spiro atoms. The summed E-state index contributed by atoms with van der Waals surface area (Å²) in [6.07, 6.45) is 0. The van der Waals surface area contributed by atoms with Gasteiger partial charge in [-0.2, -0.15) is 0 Å². The fourth-order valence-corrected chi connectivity index (χ4v) is 3.44. The Balaban J connectivity index is 1.98. The molecule has 2 rings (SSSR count). The van der Waals surface area contributed by atoms with Crippen molar-refractivity contribution in [2.24, 2.45) is 0 Å². The van der Waals surface area contributed by atoms with Gasteiger partial charge in [-0.3, -0.25) is 4.90 Å². The van der Waals surface area contributed by atoms with E-state index in [0.717, 1.165) is 18.1 Å². The summed E-state index contributed by atoms with van der Waals surface area (Å²) < 4.78 is 1.18. The van der Waals surface area contributed by atoms with Gasteiger partial charge >= 0.3 is 0 Å². The van der Waals surface area contributed by atoms with Crippen LogP contribution in [0.1, 0.15) is 10.4 Å². The minimum absolute atomic E-state index is 0.840. The van der Waals surface area contributed by atoms with Crippen molar-refractivity contribution in [3.8, 4) is 0 Å². The smallest absolute Gasteiger partial charge is 0.0701 e. The summed E-state index contributed by atoms with van der Waals surface area (Å²) in [4.78, 5) is 3.62.